The van der Waals surface area contributed by atoms with Crippen LogP contribution in [0.2, 0.25) is 0 Å². The van der Waals surface area contributed by atoms with Crippen LogP contribution in [0.4, 0.5) is 0 Å². The number of hydrogen-bond acceptors (Lipinski definition) is 7. The van der Waals surface area contributed by atoms with Gasteiger partial charge in [-0.1, -0.05) is 12.1 Å². The fourth-order valence-electron chi connectivity index (χ4n) is 3.02. The summed E-state index contributed by atoms with van der Waals surface area (Å²) in [7, 11) is -3.37. The molecule has 3 heterocycles. The molecule has 144 valence electrons. The molecule has 0 spiro atoms. The molecule has 4 rings (SSSR count). The first-order valence-electron chi connectivity index (χ1n) is 8.72. The first-order valence-corrected chi connectivity index (χ1v) is 11.4. The minimum absolute atomic E-state index is 0.670. The van der Waals surface area contributed by atoms with Crippen molar-refractivity contribution >= 4 is 27.1 Å². The Bertz CT molecular complexity index is 1150. The summed E-state index contributed by atoms with van der Waals surface area (Å²) in [6, 6.07) is 7.92. The zero-order valence-electron chi connectivity index (χ0n) is 15.4. The molecule has 0 radical (unpaired) electrons. The fourth-order valence-corrected chi connectivity index (χ4v) is 4.34. The number of sulfonamides is 1. The van der Waals surface area contributed by atoms with E-state index in [9.17, 15) is 8.42 Å². The maximum atomic E-state index is 11.4. The summed E-state index contributed by atoms with van der Waals surface area (Å²) in [5.41, 5.74) is 7.99. The second kappa shape index (κ2) is 7.42. The first kappa shape index (κ1) is 18.7. The van der Waals surface area contributed by atoms with Crippen LogP contribution in [0.5, 0.6) is 0 Å². The van der Waals surface area contributed by atoms with Crippen molar-refractivity contribution in [3.63, 3.8) is 0 Å². The molecule has 0 bridgehead atoms. The molecule has 0 unspecified atom stereocenters. The van der Waals surface area contributed by atoms with E-state index >= 15 is 0 Å². The molecule has 28 heavy (non-hydrogen) atoms. The second-order valence-electron chi connectivity index (χ2n) is 6.54. The molecule has 0 fully saturated rings. The van der Waals surface area contributed by atoms with Crippen molar-refractivity contribution < 1.29 is 8.42 Å². The number of allylic oxidation sites excluding steroid dienone is 1. The Morgan fingerprint density at radius 1 is 1.18 bits per heavy atom. The van der Waals surface area contributed by atoms with E-state index in [1.807, 2.05) is 31.2 Å². The van der Waals surface area contributed by atoms with Gasteiger partial charge in [-0.3, -0.25) is 4.98 Å². The van der Waals surface area contributed by atoms with Crippen molar-refractivity contribution in [2.45, 2.75) is 19.8 Å². The molecule has 0 atom stereocenters. The van der Waals surface area contributed by atoms with Crippen LogP contribution in [0.15, 0.2) is 42.7 Å². The Morgan fingerprint density at radius 3 is 2.79 bits per heavy atom. The van der Waals surface area contributed by atoms with Crippen LogP contribution >= 0.6 is 11.3 Å². The maximum absolute atomic E-state index is 11.4. The van der Waals surface area contributed by atoms with Crippen LogP contribution in [0, 0.1) is 6.92 Å². The fraction of sp³-hybridized carbons (Fsp3) is 0.211. The van der Waals surface area contributed by atoms with E-state index in [2.05, 4.69) is 26.3 Å². The Hall–Kier alpha value is -2.62. The molecule has 0 aliphatic heterocycles. The molecule has 0 aromatic carbocycles. The van der Waals surface area contributed by atoms with Crippen molar-refractivity contribution in [1.82, 2.24) is 25.2 Å². The van der Waals surface area contributed by atoms with Crippen LogP contribution in [-0.2, 0) is 16.4 Å². The lowest BCUT2D eigenvalue weighted by atomic mass is 9.99. The third-order valence-electron chi connectivity index (χ3n) is 4.30. The average Bonchev–Trinajstić information content (AvgIpc) is 3.08. The Balaban J connectivity index is 1.70. The van der Waals surface area contributed by atoms with E-state index in [4.69, 9.17) is 4.98 Å². The van der Waals surface area contributed by atoms with Crippen molar-refractivity contribution in [2.75, 3.05) is 6.26 Å². The normalized spacial score (nSPS) is 13.7. The predicted molar refractivity (Wildman–Crippen MR) is 111 cm³/mol. The Kier molecular flexibility index (Phi) is 4.96. The van der Waals surface area contributed by atoms with Gasteiger partial charge in [0.15, 0.2) is 0 Å². The van der Waals surface area contributed by atoms with Gasteiger partial charge >= 0.3 is 0 Å². The van der Waals surface area contributed by atoms with Crippen LogP contribution < -0.4 is 10.3 Å². The van der Waals surface area contributed by atoms with Crippen LogP contribution in [0.25, 0.3) is 26.8 Å². The molecular formula is C19H19N5O2S2. The van der Waals surface area contributed by atoms with Crippen molar-refractivity contribution in [3.8, 4) is 21.1 Å². The van der Waals surface area contributed by atoms with Crippen LogP contribution in [0.3, 0.4) is 0 Å². The molecule has 3 aromatic rings. The zero-order valence-corrected chi connectivity index (χ0v) is 17.1. The van der Waals surface area contributed by atoms with Gasteiger partial charge in [-0.05, 0) is 43.5 Å². The van der Waals surface area contributed by atoms with Gasteiger partial charge in [0.05, 0.1) is 33.9 Å². The smallest absolute Gasteiger partial charge is 0.225 e. The third kappa shape index (κ3) is 3.96. The molecule has 1 aliphatic rings. The molecule has 3 aromatic heterocycles. The molecule has 2 N–H and O–H groups in total. The van der Waals surface area contributed by atoms with Gasteiger partial charge in [0.25, 0.3) is 0 Å². The number of nitrogens with one attached hydrogen (secondary N) is 2. The lowest BCUT2D eigenvalue weighted by molar-refractivity contribution is 0.582. The quantitative estimate of drug-likeness (QED) is 0.624. The van der Waals surface area contributed by atoms with Gasteiger partial charge in [-0.2, -0.15) is 0 Å². The average molecular weight is 414 g/mol. The summed E-state index contributed by atoms with van der Waals surface area (Å²) in [5, 5.41) is 0.896. The van der Waals surface area contributed by atoms with Gasteiger partial charge in [-0.15, -0.1) is 16.2 Å². The van der Waals surface area contributed by atoms with Gasteiger partial charge in [0.2, 0.25) is 10.0 Å². The Labute approximate surface area is 167 Å². The molecular weight excluding hydrogens is 394 g/mol. The molecule has 7 nitrogen and oxygen atoms in total. The van der Waals surface area contributed by atoms with Crippen LogP contribution in [-0.4, -0.2) is 29.6 Å². The molecule has 0 saturated heterocycles. The van der Waals surface area contributed by atoms with Gasteiger partial charge in [0.1, 0.15) is 5.01 Å². The number of aromatic nitrogens is 3. The minimum Gasteiger partial charge on any atom is -0.306 e. The van der Waals surface area contributed by atoms with Gasteiger partial charge in [0, 0.05) is 18.0 Å². The Morgan fingerprint density at radius 2 is 2.04 bits per heavy atom. The molecule has 0 amide bonds. The minimum atomic E-state index is -3.37. The highest BCUT2D eigenvalue weighted by atomic mass is 32.2. The van der Waals surface area contributed by atoms with Gasteiger partial charge < -0.3 is 5.43 Å². The van der Waals surface area contributed by atoms with E-state index in [-0.39, 0.29) is 0 Å². The lowest BCUT2D eigenvalue weighted by Crippen LogP contribution is -2.36. The number of fused-ring (bicyclic) bond motifs is 1. The van der Waals surface area contributed by atoms with E-state index in [0.29, 0.717) is 5.70 Å². The van der Waals surface area contributed by atoms with Crippen molar-refractivity contribution in [1.29, 1.82) is 0 Å². The van der Waals surface area contributed by atoms with E-state index in [0.717, 1.165) is 57.2 Å². The zero-order chi connectivity index (χ0) is 19.7. The summed E-state index contributed by atoms with van der Waals surface area (Å²) in [5.74, 6) is 0. The number of thiazole rings is 1. The second-order valence-corrected chi connectivity index (χ2v) is 9.28. The number of rotatable bonds is 5. The number of aryl methyl sites for hydroxylation is 2. The number of nitrogens with zero attached hydrogens (tertiary/aromatic N) is 3. The first-order chi connectivity index (χ1) is 13.4. The highest BCUT2D eigenvalue weighted by Crippen LogP contribution is 2.35. The van der Waals surface area contributed by atoms with Crippen LogP contribution in [0.1, 0.15) is 23.4 Å². The standard InChI is InChI=1S/C19H19N5O2S2/c1-12-18(27-19(21-12)14-6-4-10-20-11-14)16-9-8-13-5-3-7-15(17(13)22-16)23-24-28(2,25)26/h4,6-11,23-24H,3,5H2,1-2H3. The summed E-state index contributed by atoms with van der Waals surface area (Å²) in [6.45, 7) is 1.97. The van der Waals surface area contributed by atoms with E-state index < -0.39 is 10.0 Å². The summed E-state index contributed by atoms with van der Waals surface area (Å²) in [6.07, 6.45) is 8.29. The van der Waals surface area contributed by atoms with E-state index in [1.54, 1.807) is 23.7 Å². The number of hydrazine groups is 1. The monoisotopic (exact) mass is 413 g/mol. The third-order valence-corrected chi connectivity index (χ3v) is 6.01. The van der Waals surface area contributed by atoms with E-state index in [1.165, 1.54) is 0 Å². The predicted octanol–water partition coefficient (Wildman–Crippen LogP) is 2.92. The molecule has 1 aliphatic carbocycles. The summed E-state index contributed by atoms with van der Waals surface area (Å²) < 4.78 is 22.8. The summed E-state index contributed by atoms with van der Waals surface area (Å²) in [4.78, 5) is 17.0. The highest BCUT2D eigenvalue weighted by Gasteiger charge is 2.19. The molecule has 9 heteroatoms. The largest absolute Gasteiger partial charge is 0.306 e. The molecule has 0 saturated carbocycles. The topological polar surface area (TPSA) is 96.9 Å². The lowest BCUT2D eigenvalue weighted by Gasteiger charge is -2.19. The van der Waals surface area contributed by atoms with Gasteiger partial charge in [-0.25, -0.2) is 18.4 Å². The SMILES string of the molecule is Cc1nc(-c2cccnc2)sc1-c1ccc2c(n1)C(NNS(C)(=O)=O)=CCC2. The highest BCUT2D eigenvalue weighted by molar-refractivity contribution is 7.88. The summed E-state index contributed by atoms with van der Waals surface area (Å²) >= 11 is 1.57. The number of pyridine rings is 2. The van der Waals surface area contributed by atoms with Crippen molar-refractivity contribution in [3.05, 3.63) is 59.7 Å². The maximum Gasteiger partial charge on any atom is 0.225 e. The van der Waals surface area contributed by atoms with Crippen molar-refractivity contribution in [2.24, 2.45) is 0 Å². The number of hydrogen-bond donors (Lipinski definition) is 2.